The zero-order valence-corrected chi connectivity index (χ0v) is 16.3. The monoisotopic (exact) mass is 395 g/mol. The van der Waals surface area contributed by atoms with Crippen LogP contribution in [-0.2, 0) is 21.1 Å². The third-order valence-electron chi connectivity index (χ3n) is 4.88. The molecule has 0 unspecified atom stereocenters. The van der Waals surface area contributed by atoms with E-state index in [1.54, 1.807) is 28.4 Å². The SMILES string of the molecule is Cc1ccsc1CCC(=O)N1CC[C@@H](c2ccccc2F)S(=O)(=O)CC1. The van der Waals surface area contributed by atoms with Crippen molar-refractivity contribution in [3.63, 3.8) is 0 Å². The second kappa shape index (κ2) is 7.88. The van der Waals surface area contributed by atoms with E-state index in [9.17, 15) is 17.6 Å². The molecule has 7 heteroatoms. The van der Waals surface area contributed by atoms with E-state index < -0.39 is 20.9 Å². The van der Waals surface area contributed by atoms with Gasteiger partial charge in [0.25, 0.3) is 0 Å². The van der Waals surface area contributed by atoms with E-state index in [2.05, 4.69) is 0 Å². The van der Waals surface area contributed by atoms with Gasteiger partial charge in [0.2, 0.25) is 5.91 Å². The quantitative estimate of drug-likeness (QED) is 0.796. The van der Waals surface area contributed by atoms with Crippen molar-refractivity contribution in [3.8, 4) is 0 Å². The summed E-state index contributed by atoms with van der Waals surface area (Å²) in [6.45, 7) is 2.53. The molecule has 140 valence electrons. The van der Waals surface area contributed by atoms with E-state index in [1.165, 1.54) is 22.6 Å². The first-order valence-corrected chi connectivity index (χ1v) is 11.2. The lowest BCUT2D eigenvalue weighted by Gasteiger charge is -2.20. The molecule has 1 aliphatic rings. The molecule has 2 heterocycles. The minimum absolute atomic E-state index is 0.0396. The number of thiophene rings is 1. The van der Waals surface area contributed by atoms with Crippen LogP contribution in [0.1, 0.15) is 34.1 Å². The summed E-state index contributed by atoms with van der Waals surface area (Å²) < 4.78 is 39.3. The van der Waals surface area contributed by atoms with Crippen molar-refractivity contribution >= 4 is 27.1 Å². The Kier molecular flexibility index (Phi) is 5.77. The van der Waals surface area contributed by atoms with Crippen molar-refractivity contribution in [3.05, 3.63) is 57.5 Å². The first kappa shape index (κ1) is 19.0. The van der Waals surface area contributed by atoms with Gasteiger partial charge in [-0.1, -0.05) is 18.2 Å². The van der Waals surface area contributed by atoms with Gasteiger partial charge in [0.15, 0.2) is 9.84 Å². The average molecular weight is 396 g/mol. The van der Waals surface area contributed by atoms with E-state index in [4.69, 9.17) is 0 Å². The van der Waals surface area contributed by atoms with Crippen molar-refractivity contribution in [1.29, 1.82) is 0 Å². The molecule has 0 saturated carbocycles. The van der Waals surface area contributed by atoms with Gasteiger partial charge in [-0.15, -0.1) is 11.3 Å². The molecule has 0 aliphatic carbocycles. The number of carbonyl (C=O) groups is 1. The topological polar surface area (TPSA) is 54.5 Å². The molecule has 0 bridgehead atoms. The molecular formula is C19H22FNO3S2. The minimum atomic E-state index is -3.50. The maximum absolute atomic E-state index is 14.1. The van der Waals surface area contributed by atoms with Crippen LogP contribution in [0.5, 0.6) is 0 Å². The van der Waals surface area contributed by atoms with Gasteiger partial charge in [0.05, 0.1) is 11.0 Å². The molecule has 1 aliphatic heterocycles. The highest BCUT2D eigenvalue weighted by Gasteiger charge is 2.33. The second-order valence-electron chi connectivity index (χ2n) is 6.57. The third-order valence-corrected chi connectivity index (χ3v) is 8.07. The zero-order valence-electron chi connectivity index (χ0n) is 14.7. The normalized spacial score (nSPS) is 19.9. The molecule has 0 N–H and O–H groups in total. The third kappa shape index (κ3) is 4.15. The van der Waals surface area contributed by atoms with E-state index in [0.717, 1.165) is 0 Å². The zero-order chi connectivity index (χ0) is 18.7. The van der Waals surface area contributed by atoms with Gasteiger partial charge in [-0.05, 0) is 42.8 Å². The molecule has 2 aromatic rings. The summed E-state index contributed by atoms with van der Waals surface area (Å²) >= 11 is 1.63. The van der Waals surface area contributed by atoms with Gasteiger partial charge in [0.1, 0.15) is 5.82 Å². The lowest BCUT2D eigenvalue weighted by molar-refractivity contribution is -0.130. The number of hydrogen-bond acceptors (Lipinski definition) is 4. The Labute approximate surface area is 157 Å². The maximum atomic E-state index is 14.1. The molecule has 1 aromatic carbocycles. The van der Waals surface area contributed by atoms with Crippen LogP contribution in [0.15, 0.2) is 35.7 Å². The predicted molar refractivity (Wildman–Crippen MR) is 102 cm³/mol. The van der Waals surface area contributed by atoms with Gasteiger partial charge < -0.3 is 4.90 Å². The number of halogens is 1. The van der Waals surface area contributed by atoms with Crippen LogP contribution in [0.3, 0.4) is 0 Å². The Bertz CT molecular complexity index is 892. The second-order valence-corrected chi connectivity index (χ2v) is 9.88. The fourth-order valence-electron chi connectivity index (χ4n) is 3.32. The molecule has 0 radical (unpaired) electrons. The highest BCUT2D eigenvalue weighted by atomic mass is 32.2. The molecule has 1 fully saturated rings. The summed E-state index contributed by atoms with van der Waals surface area (Å²) in [5, 5.41) is 1.12. The number of benzene rings is 1. The summed E-state index contributed by atoms with van der Waals surface area (Å²) in [5.41, 5.74) is 1.39. The molecular weight excluding hydrogens is 373 g/mol. The Morgan fingerprint density at radius 2 is 2.04 bits per heavy atom. The molecule has 1 atom stereocenters. The number of aryl methyl sites for hydroxylation is 2. The summed E-state index contributed by atoms with van der Waals surface area (Å²) in [6.07, 6.45) is 1.27. The Morgan fingerprint density at radius 1 is 1.27 bits per heavy atom. The van der Waals surface area contributed by atoms with Crippen molar-refractivity contribution in [2.24, 2.45) is 0 Å². The van der Waals surface area contributed by atoms with Crippen molar-refractivity contribution in [1.82, 2.24) is 4.90 Å². The first-order chi connectivity index (χ1) is 12.4. The van der Waals surface area contributed by atoms with E-state index in [1.807, 2.05) is 18.4 Å². The van der Waals surface area contributed by atoms with Crippen LogP contribution in [0.25, 0.3) is 0 Å². The molecule has 1 saturated heterocycles. The van der Waals surface area contributed by atoms with Gasteiger partial charge in [-0.2, -0.15) is 0 Å². The lowest BCUT2D eigenvalue weighted by Crippen LogP contribution is -2.33. The van der Waals surface area contributed by atoms with Crippen LogP contribution in [0, 0.1) is 12.7 Å². The van der Waals surface area contributed by atoms with Crippen LogP contribution in [-0.4, -0.2) is 38.1 Å². The maximum Gasteiger partial charge on any atom is 0.222 e. The predicted octanol–water partition coefficient (Wildman–Crippen LogP) is 3.52. The van der Waals surface area contributed by atoms with E-state index in [0.29, 0.717) is 19.4 Å². The van der Waals surface area contributed by atoms with Crippen LogP contribution in [0.2, 0.25) is 0 Å². The van der Waals surface area contributed by atoms with Crippen LogP contribution >= 0.6 is 11.3 Å². The van der Waals surface area contributed by atoms with Crippen molar-refractivity contribution in [2.75, 3.05) is 18.8 Å². The highest BCUT2D eigenvalue weighted by molar-refractivity contribution is 7.91. The molecule has 26 heavy (non-hydrogen) atoms. The summed E-state index contributed by atoms with van der Waals surface area (Å²) in [5.74, 6) is -0.674. The molecule has 1 aromatic heterocycles. The minimum Gasteiger partial charge on any atom is -0.342 e. The molecule has 0 spiro atoms. The van der Waals surface area contributed by atoms with Gasteiger partial charge >= 0.3 is 0 Å². The van der Waals surface area contributed by atoms with Crippen LogP contribution < -0.4 is 0 Å². The summed E-state index contributed by atoms with van der Waals surface area (Å²) in [6, 6.07) is 8.02. The Morgan fingerprint density at radius 3 is 2.73 bits per heavy atom. The Hall–Kier alpha value is -1.73. The Balaban J connectivity index is 1.69. The lowest BCUT2D eigenvalue weighted by atomic mass is 10.1. The summed E-state index contributed by atoms with van der Waals surface area (Å²) in [4.78, 5) is 15.3. The van der Waals surface area contributed by atoms with Crippen molar-refractivity contribution in [2.45, 2.75) is 31.4 Å². The number of sulfone groups is 1. The van der Waals surface area contributed by atoms with E-state index in [-0.39, 0.29) is 30.2 Å². The number of nitrogens with zero attached hydrogens (tertiary/aromatic N) is 1. The average Bonchev–Trinajstić information content (AvgIpc) is 2.94. The number of rotatable bonds is 4. The number of carbonyl (C=O) groups excluding carboxylic acids is 1. The fraction of sp³-hybridized carbons (Fsp3) is 0.421. The summed E-state index contributed by atoms with van der Waals surface area (Å²) in [7, 11) is -3.50. The van der Waals surface area contributed by atoms with Gasteiger partial charge in [-0.25, -0.2) is 12.8 Å². The van der Waals surface area contributed by atoms with Gasteiger partial charge in [0, 0.05) is 30.0 Å². The molecule has 1 amide bonds. The number of amides is 1. The molecule has 3 rings (SSSR count). The highest BCUT2D eigenvalue weighted by Crippen LogP contribution is 2.31. The van der Waals surface area contributed by atoms with E-state index >= 15 is 0 Å². The largest absolute Gasteiger partial charge is 0.342 e. The standard InChI is InChI=1S/C19H22FNO3S2/c1-14-9-12-25-17(14)6-7-19(22)21-10-8-18(26(23,24)13-11-21)15-4-2-3-5-16(15)20/h2-5,9,12,18H,6-8,10-11,13H2,1H3/t18-/m0/s1. The smallest absolute Gasteiger partial charge is 0.222 e. The molecule has 4 nitrogen and oxygen atoms in total. The number of hydrogen-bond donors (Lipinski definition) is 0. The van der Waals surface area contributed by atoms with Gasteiger partial charge in [-0.3, -0.25) is 4.79 Å². The van der Waals surface area contributed by atoms with Crippen LogP contribution in [0.4, 0.5) is 4.39 Å². The first-order valence-electron chi connectivity index (χ1n) is 8.65. The van der Waals surface area contributed by atoms with Crippen molar-refractivity contribution < 1.29 is 17.6 Å². The fourth-order valence-corrected chi connectivity index (χ4v) is 6.03.